The van der Waals surface area contributed by atoms with E-state index in [1.165, 1.54) is 19.3 Å². The molecule has 0 bridgehead atoms. The number of anilines is 1. The minimum Gasteiger partial charge on any atom is -0.371 e. The standard InChI is InChI=1S/C19H24N4O2/c1-14-20-18(25-21-14)15-9-12-23(13-15)19(24)16-7-3-4-8-17(16)22-10-5-2-6-11-22/h3-4,7-8,15H,2,5-6,9-13H2,1H3/t15-/m1/s1. The normalized spacial score (nSPS) is 20.9. The molecule has 1 atom stereocenters. The number of piperidine rings is 1. The van der Waals surface area contributed by atoms with Crippen LogP contribution in [0, 0.1) is 6.92 Å². The first-order valence-electron chi connectivity index (χ1n) is 9.16. The Kier molecular flexibility index (Phi) is 4.42. The molecule has 0 radical (unpaired) electrons. The number of hydrogen-bond donors (Lipinski definition) is 0. The first-order valence-corrected chi connectivity index (χ1v) is 9.16. The third-order valence-electron chi connectivity index (χ3n) is 5.20. The molecule has 2 aliphatic heterocycles. The number of amides is 1. The van der Waals surface area contributed by atoms with Gasteiger partial charge in [-0.1, -0.05) is 17.3 Å². The van der Waals surface area contributed by atoms with Crippen molar-refractivity contribution in [2.75, 3.05) is 31.1 Å². The topological polar surface area (TPSA) is 62.5 Å². The van der Waals surface area contributed by atoms with E-state index in [0.717, 1.165) is 37.3 Å². The van der Waals surface area contributed by atoms with Crippen LogP contribution in [0.2, 0.25) is 0 Å². The second-order valence-electron chi connectivity index (χ2n) is 6.98. The molecular weight excluding hydrogens is 316 g/mol. The molecule has 2 aliphatic rings. The van der Waals surface area contributed by atoms with Gasteiger partial charge in [0.2, 0.25) is 5.89 Å². The van der Waals surface area contributed by atoms with Crippen molar-refractivity contribution in [1.82, 2.24) is 15.0 Å². The summed E-state index contributed by atoms with van der Waals surface area (Å²) in [6.45, 7) is 5.27. The van der Waals surface area contributed by atoms with Gasteiger partial charge in [-0.3, -0.25) is 4.79 Å². The fourth-order valence-electron chi connectivity index (χ4n) is 3.86. The number of likely N-dealkylation sites (tertiary alicyclic amines) is 1. The second-order valence-corrected chi connectivity index (χ2v) is 6.98. The Balaban J connectivity index is 1.51. The molecule has 0 unspecified atom stereocenters. The summed E-state index contributed by atoms with van der Waals surface area (Å²) in [4.78, 5) is 21.7. The summed E-state index contributed by atoms with van der Waals surface area (Å²) >= 11 is 0. The highest BCUT2D eigenvalue weighted by molar-refractivity contribution is 6.00. The van der Waals surface area contributed by atoms with E-state index >= 15 is 0 Å². The largest absolute Gasteiger partial charge is 0.371 e. The molecule has 3 heterocycles. The van der Waals surface area contributed by atoms with Crippen molar-refractivity contribution in [2.45, 2.75) is 38.5 Å². The van der Waals surface area contributed by atoms with Gasteiger partial charge in [0, 0.05) is 31.9 Å². The second kappa shape index (κ2) is 6.86. The molecule has 2 saturated heterocycles. The zero-order valence-electron chi connectivity index (χ0n) is 14.6. The Morgan fingerprint density at radius 3 is 2.72 bits per heavy atom. The van der Waals surface area contributed by atoms with Gasteiger partial charge in [-0.25, -0.2) is 0 Å². The number of rotatable bonds is 3. The number of hydrogen-bond acceptors (Lipinski definition) is 5. The van der Waals surface area contributed by atoms with Crippen molar-refractivity contribution in [3.63, 3.8) is 0 Å². The van der Waals surface area contributed by atoms with Gasteiger partial charge in [-0.05, 0) is 44.7 Å². The molecule has 6 nitrogen and oxygen atoms in total. The van der Waals surface area contributed by atoms with E-state index in [1.54, 1.807) is 0 Å². The highest BCUT2D eigenvalue weighted by atomic mass is 16.5. The summed E-state index contributed by atoms with van der Waals surface area (Å²) in [5.41, 5.74) is 1.89. The van der Waals surface area contributed by atoms with Crippen LogP contribution in [0.3, 0.4) is 0 Å². The van der Waals surface area contributed by atoms with Crippen LogP contribution in [0.5, 0.6) is 0 Å². The number of benzene rings is 1. The molecule has 1 amide bonds. The smallest absolute Gasteiger partial charge is 0.255 e. The van der Waals surface area contributed by atoms with Crippen molar-refractivity contribution in [3.05, 3.63) is 41.5 Å². The number of nitrogens with zero attached hydrogens (tertiary/aromatic N) is 4. The zero-order chi connectivity index (χ0) is 17.2. The average molecular weight is 340 g/mol. The van der Waals surface area contributed by atoms with Crippen LogP contribution in [-0.4, -0.2) is 47.1 Å². The number of aryl methyl sites for hydroxylation is 1. The predicted molar refractivity (Wildman–Crippen MR) is 94.8 cm³/mol. The molecule has 0 spiro atoms. The van der Waals surface area contributed by atoms with Crippen LogP contribution in [0.1, 0.15) is 53.7 Å². The van der Waals surface area contributed by atoms with Crippen LogP contribution in [-0.2, 0) is 0 Å². The first kappa shape index (κ1) is 16.1. The lowest BCUT2D eigenvalue weighted by atomic mass is 10.1. The zero-order valence-corrected chi connectivity index (χ0v) is 14.6. The van der Waals surface area contributed by atoms with E-state index in [4.69, 9.17) is 4.52 Å². The number of carbonyl (C=O) groups excluding carboxylic acids is 1. The molecule has 1 aromatic carbocycles. The summed E-state index contributed by atoms with van der Waals surface area (Å²) in [7, 11) is 0. The van der Waals surface area contributed by atoms with Gasteiger partial charge < -0.3 is 14.3 Å². The van der Waals surface area contributed by atoms with Crippen molar-refractivity contribution in [1.29, 1.82) is 0 Å². The third-order valence-corrected chi connectivity index (χ3v) is 5.20. The maximum absolute atomic E-state index is 13.1. The molecule has 4 rings (SSSR count). The minimum atomic E-state index is 0.111. The van der Waals surface area contributed by atoms with E-state index in [0.29, 0.717) is 18.3 Å². The molecule has 0 saturated carbocycles. The average Bonchev–Trinajstić information content (AvgIpc) is 3.31. The Morgan fingerprint density at radius 1 is 1.16 bits per heavy atom. The molecule has 0 aliphatic carbocycles. The van der Waals surface area contributed by atoms with Gasteiger partial charge >= 0.3 is 0 Å². The minimum absolute atomic E-state index is 0.111. The van der Waals surface area contributed by atoms with E-state index in [-0.39, 0.29) is 11.8 Å². The maximum Gasteiger partial charge on any atom is 0.255 e. The molecule has 0 N–H and O–H groups in total. The van der Waals surface area contributed by atoms with E-state index in [1.807, 2.05) is 30.0 Å². The fraction of sp³-hybridized carbons (Fsp3) is 0.526. The highest BCUT2D eigenvalue weighted by Crippen LogP contribution is 2.30. The summed E-state index contributed by atoms with van der Waals surface area (Å²) in [6.07, 6.45) is 4.55. The predicted octanol–water partition coefficient (Wildman–Crippen LogP) is 3.00. The highest BCUT2D eigenvalue weighted by Gasteiger charge is 2.32. The van der Waals surface area contributed by atoms with E-state index in [2.05, 4.69) is 21.1 Å². The number of aromatic nitrogens is 2. The summed E-state index contributed by atoms with van der Waals surface area (Å²) in [5, 5.41) is 3.87. The van der Waals surface area contributed by atoms with Crippen LogP contribution < -0.4 is 4.90 Å². The SMILES string of the molecule is Cc1noc([C@@H]2CCN(C(=O)c3ccccc3N3CCCCC3)C2)n1. The summed E-state index contributed by atoms with van der Waals surface area (Å²) in [5.74, 6) is 1.56. The molecule has 2 aromatic rings. The van der Waals surface area contributed by atoms with Crippen molar-refractivity contribution in [3.8, 4) is 0 Å². The Hall–Kier alpha value is -2.37. The Morgan fingerprint density at radius 2 is 1.96 bits per heavy atom. The molecule has 1 aromatic heterocycles. The summed E-state index contributed by atoms with van der Waals surface area (Å²) < 4.78 is 5.29. The lowest BCUT2D eigenvalue weighted by molar-refractivity contribution is 0.0790. The molecule has 6 heteroatoms. The molecular formula is C19H24N4O2. The first-order chi connectivity index (χ1) is 12.2. The molecule has 2 fully saturated rings. The third kappa shape index (κ3) is 3.25. The van der Waals surface area contributed by atoms with Crippen LogP contribution in [0.25, 0.3) is 0 Å². The van der Waals surface area contributed by atoms with E-state index in [9.17, 15) is 4.79 Å². The van der Waals surface area contributed by atoms with Crippen molar-refractivity contribution >= 4 is 11.6 Å². The Labute approximate surface area is 147 Å². The van der Waals surface area contributed by atoms with E-state index < -0.39 is 0 Å². The molecule has 25 heavy (non-hydrogen) atoms. The van der Waals surface area contributed by atoms with Crippen LogP contribution >= 0.6 is 0 Å². The van der Waals surface area contributed by atoms with Crippen molar-refractivity contribution < 1.29 is 9.32 Å². The number of carbonyl (C=O) groups is 1. The monoisotopic (exact) mass is 340 g/mol. The van der Waals surface area contributed by atoms with Gasteiger partial charge in [0.15, 0.2) is 5.82 Å². The van der Waals surface area contributed by atoms with Gasteiger partial charge in [-0.15, -0.1) is 0 Å². The lowest BCUT2D eigenvalue weighted by Crippen LogP contribution is -2.34. The maximum atomic E-state index is 13.1. The van der Waals surface area contributed by atoms with Gasteiger partial charge in [-0.2, -0.15) is 4.98 Å². The fourth-order valence-corrected chi connectivity index (χ4v) is 3.86. The Bertz CT molecular complexity index is 751. The van der Waals surface area contributed by atoms with Gasteiger partial charge in [0.1, 0.15) is 0 Å². The lowest BCUT2D eigenvalue weighted by Gasteiger charge is -2.31. The van der Waals surface area contributed by atoms with Crippen LogP contribution in [0.15, 0.2) is 28.8 Å². The molecule has 132 valence electrons. The van der Waals surface area contributed by atoms with Crippen LogP contribution in [0.4, 0.5) is 5.69 Å². The summed E-state index contributed by atoms with van der Waals surface area (Å²) in [6, 6.07) is 8.01. The van der Waals surface area contributed by atoms with Gasteiger partial charge in [0.05, 0.1) is 11.5 Å². The number of para-hydroxylation sites is 1. The quantitative estimate of drug-likeness (QED) is 0.859. The van der Waals surface area contributed by atoms with Gasteiger partial charge in [0.25, 0.3) is 5.91 Å². The van der Waals surface area contributed by atoms with Crippen molar-refractivity contribution in [2.24, 2.45) is 0 Å².